The number of halogens is 1. The Labute approximate surface area is 124 Å². The molecule has 0 atom stereocenters. The van der Waals surface area contributed by atoms with Crippen LogP contribution in [0.5, 0.6) is 11.5 Å². The second-order valence-corrected chi connectivity index (χ2v) is 4.92. The van der Waals surface area contributed by atoms with Gasteiger partial charge in [0, 0.05) is 12.1 Å². The number of aryl methyl sites for hydroxylation is 1. The summed E-state index contributed by atoms with van der Waals surface area (Å²) in [7, 11) is 3.31. The summed E-state index contributed by atoms with van der Waals surface area (Å²) in [4.78, 5) is 0. The summed E-state index contributed by atoms with van der Waals surface area (Å²) >= 11 is 6.18. The van der Waals surface area contributed by atoms with Crippen LogP contribution in [0.25, 0.3) is 0 Å². The summed E-state index contributed by atoms with van der Waals surface area (Å²) in [6.45, 7) is 2.65. The third-order valence-corrected chi connectivity index (χ3v) is 3.41. The quantitative estimate of drug-likeness (QED) is 0.892. The van der Waals surface area contributed by atoms with E-state index < -0.39 is 0 Å². The fourth-order valence-corrected chi connectivity index (χ4v) is 2.17. The Bertz CT molecular complexity index is 599. The first-order chi connectivity index (χ1) is 9.63. The number of benzene rings is 2. The first-order valence-corrected chi connectivity index (χ1v) is 6.72. The second-order valence-electron chi connectivity index (χ2n) is 4.51. The number of hydrogen-bond donors (Lipinski definition) is 1. The Hall–Kier alpha value is -1.87. The Morgan fingerprint density at radius 2 is 1.85 bits per heavy atom. The molecular formula is C16H18ClNO2. The highest BCUT2D eigenvalue weighted by atomic mass is 35.5. The normalized spacial score (nSPS) is 10.2. The van der Waals surface area contributed by atoms with Crippen molar-refractivity contribution in [2.75, 3.05) is 19.5 Å². The molecule has 3 nitrogen and oxygen atoms in total. The van der Waals surface area contributed by atoms with Crippen molar-refractivity contribution in [3.8, 4) is 11.5 Å². The highest BCUT2D eigenvalue weighted by Gasteiger charge is 2.06. The number of anilines is 1. The van der Waals surface area contributed by atoms with Crippen LogP contribution in [0.1, 0.15) is 11.1 Å². The van der Waals surface area contributed by atoms with E-state index in [0.29, 0.717) is 11.6 Å². The average molecular weight is 292 g/mol. The Morgan fingerprint density at radius 3 is 2.55 bits per heavy atom. The molecule has 0 saturated carbocycles. The van der Waals surface area contributed by atoms with E-state index in [4.69, 9.17) is 21.1 Å². The van der Waals surface area contributed by atoms with Crippen LogP contribution in [0.2, 0.25) is 5.02 Å². The fraction of sp³-hybridized carbons (Fsp3) is 0.250. The van der Waals surface area contributed by atoms with E-state index in [1.165, 1.54) is 0 Å². The van der Waals surface area contributed by atoms with Gasteiger partial charge in [-0.25, -0.2) is 0 Å². The predicted octanol–water partition coefficient (Wildman–Crippen LogP) is 4.28. The first kappa shape index (κ1) is 14.5. The van der Waals surface area contributed by atoms with E-state index in [1.807, 2.05) is 43.3 Å². The second kappa shape index (κ2) is 6.53. The van der Waals surface area contributed by atoms with Crippen molar-refractivity contribution < 1.29 is 9.47 Å². The maximum atomic E-state index is 6.18. The number of methoxy groups -OCH3 is 2. The third-order valence-electron chi connectivity index (χ3n) is 3.08. The molecule has 1 N–H and O–H groups in total. The van der Waals surface area contributed by atoms with Gasteiger partial charge in [-0.05, 0) is 42.8 Å². The fourth-order valence-electron chi connectivity index (χ4n) is 1.99. The smallest absolute Gasteiger partial charge is 0.124 e. The van der Waals surface area contributed by atoms with Gasteiger partial charge in [0.1, 0.15) is 11.5 Å². The minimum atomic E-state index is 0.615. The SMILES string of the molecule is COc1ccc(OC)c(CNc2cc(C)ccc2Cl)c1. The molecule has 0 aliphatic heterocycles. The van der Waals surface area contributed by atoms with Gasteiger partial charge in [0.15, 0.2) is 0 Å². The zero-order chi connectivity index (χ0) is 14.5. The lowest BCUT2D eigenvalue weighted by molar-refractivity contribution is 0.399. The molecule has 0 amide bonds. The van der Waals surface area contributed by atoms with Gasteiger partial charge in [-0.2, -0.15) is 0 Å². The lowest BCUT2D eigenvalue weighted by Gasteiger charge is -2.13. The van der Waals surface area contributed by atoms with Gasteiger partial charge in [0.05, 0.1) is 24.9 Å². The van der Waals surface area contributed by atoms with Gasteiger partial charge in [-0.1, -0.05) is 17.7 Å². The molecule has 2 aromatic carbocycles. The summed E-state index contributed by atoms with van der Waals surface area (Å²) in [5.74, 6) is 1.63. The van der Waals surface area contributed by atoms with Crippen molar-refractivity contribution in [3.05, 3.63) is 52.5 Å². The highest BCUT2D eigenvalue weighted by molar-refractivity contribution is 6.33. The van der Waals surface area contributed by atoms with Crippen LogP contribution in [0, 0.1) is 6.92 Å². The van der Waals surface area contributed by atoms with Crippen LogP contribution >= 0.6 is 11.6 Å². The Morgan fingerprint density at radius 1 is 1.05 bits per heavy atom. The van der Waals surface area contributed by atoms with E-state index in [0.717, 1.165) is 28.3 Å². The van der Waals surface area contributed by atoms with Gasteiger partial charge >= 0.3 is 0 Å². The number of ether oxygens (including phenoxy) is 2. The zero-order valence-electron chi connectivity index (χ0n) is 11.9. The zero-order valence-corrected chi connectivity index (χ0v) is 12.6. The Kier molecular flexibility index (Phi) is 4.74. The first-order valence-electron chi connectivity index (χ1n) is 6.35. The largest absolute Gasteiger partial charge is 0.497 e. The summed E-state index contributed by atoms with van der Waals surface area (Å²) in [5, 5.41) is 4.03. The molecule has 0 aliphatic carbocycles. The molecular weight excluding hydrogens is 274 g/mol. The maximum Gasteiger partial charge on any atom is 0.124 e. The summed E-state index contributed by atoms with van der Waals surface area (Å²) in [5.41, 5.74) is 3.09. The standard InChI is InChI=1S/C16H18ClNO2/c1-11-4-6-14(17)15(8-11)18-10-12-9-13(19-2)5-7-16(12)20-3/h4-9,18H,10H2,1-3H3. The van der Waals surface area contributed by atoms with Crippen molar-refractivity contribution in [3.63, 3.8) is 0 Å². The van der Waals surface area contributed by atoms with Crippen molar-refractivity contribution in [1.29, 1.82) is 0 Å². The van der Waals surface area contributed by atoms with Crippen LogP contribution in [0.15, 0.2) is 36.4 Å². The molecule has 0 heterocycles. The molecule has 0 aromatic heterocycles. The molecule has 2 rings (SSSR count). The van der Waals surface area contributed by atoms with E-state index in [2.05, 4.69) is 5.32 Å². The lowest BCUT2D eigenvalue weighted by Crippen LogP contribution is -2.03. The van der Waals surface area contributed by atoms with E-state index in [9.17, 15) is 0 Å². The lowest BCUT2D eigenvalue weighted by atomic mass is 10.1. The number of hydrogen-bond acceptors (Lipinski definition) is 3. The van der Waals surface area contributed by atoms with Crippen LogP contribution < -0.4 is 14.8 Å². The van der Waals surface area contributed by atoms with Gasteiger partial charge < -0.3 is 14.8 Å². The molecule has 0 radical (unpaired) electrons. The molecule has 0 fully saturated rings. The number of rotatable bonds is 5. The third kappa shape index (κ3) is 3.36. The molecule has 0 saturated heterocycles. The molecule has 4 heteroatoms. The van der Waals surface area contributed by atoms with Gasteiger partial charge in [-0.3, -0.25) is 0 Å². The average Bonchev–Trinajstić information content (AvgIpc) is 2.47. The van der Waals surface area contributed by atoms with Crippen LogP contribution in [0.4, 0.5) is 5.69 Å². The van der Waals surface area contributed by atoms with Crippen molar-refractivity contribution in [1.82, 2.24) is 0 Å². The molecule has 0 spiro atoms. The summed E-state index contributed by atoms with van der Waals surface area (Å²) in [6, 6.07) is 11.6. The van der Waals surface area contributed by atoms with Gasteiger partial charge in [0.25, 0.3) is 0 Å². The van der Waals surface area contributed by atoms with Gasteiger partial charge in [0.2, 0.25) is 0 Å². The molecule has 0 bridgehead atoms. The summed E-state index contributed by atoms with van der Waals surface area (Å²) < 4.78 is 10.6. The van der Waals surface area contributed by atoms with Crippen molar-refractivity contribution in [2.45, 2.75) is 13.5 Å². The molecule has 0 aliphatic rings. The molecule has 106 valence electrons. The molecule has 2 aromatic rings. The van der Waals surface area contributed by atoms with Crippen molar-refractivity contribution in [2.24, 2.45) is 0 Å². The Balaban J connectivity index is 2.19. The van der Waals surface area contributed by atoms with Crippen LogP contribution in [0.3, 0.4) is 0 Å². The monoisotopic (exact) mass is 291 g/mol. The minimum absolute atomic E-state index is 0.615. The minimum Gasteiger partial charge on any atom is -0.497 e. The highest BCUT2D eigenvalue weighted by Crippen LogP contribution is 2.27. The van der Waals surface area contributed by atoms with E-state index >= 15 is 0 Å². The van der Waals surface area contributed by atoms with Gasteiger partial charge in [-0.15, -0.1) is 0 Å². The predicted molar refractivity (Wildman–Crippen MR) is 83.1 cm³/mol. The molecule has 0 unspecified atom stereocenters. The topological polar surface area (TPSA) is 30.5 Å². The van der Waals surface area contributed by atoms with Crippen molar-refractivity contribution >= 4 is 17.3 Å². The van der Waals surface area contributed by atoms with E-state index in [-0.39, 0.29) is 0 Å². The molecule has 20 heavy (non-hydrogen) atoms. The maximum absolute atomic E-state index is 6.18. The van der Waals surface area contributed by atoms with E-state index in [1.54, 1.807) is 14.2 Å². The summed E-state index contributed by atoms with van der Waals surface area (Å²) in [6.07, 6.45) is 0. The van der Waals surface area contributed by atoms with Crippen LogP contribution in [-0.2, 0) is 6.54 Å². The van der Waals surface area contributed by atoms with Crippen LogP contribution in [-0.4, -0.2) is 14.2 Å². The number of nitrogens with one attached hydrogen (secondary N) is 1.